The zero-order valence-electron chi connectivity index (χ0n) is 19.7. The maximum Gasteiger partial charge on any atom is 0.293 e. The third-order valence-electron chi connectivity index (χ3n) is 6.19. The van der Waals surface area contributed by atoms with Crippen LogP contribution in [-0.2, 0) is 11.0 Å². The van der Waals surface area contributed by atoms with E-state index in [0.717, 1.165) is 35.9 Å². The summed E-state index contributed by atoms with van der Waals surface area (Å²) in [7, 11) is -1.82. The Kier molecular flexibility index (Phi) is 8.00. The number of anilines is 1. The molecule has 32 heavy (non-hydrogen) atoms. The van der Waals surface area contributed by atoms with E-state index >= 15 is 0 Å². The number of rotatable bonds is 7. The topological polar surface area (TPSA) is 47.4 Å². The van der Waals surface area contributed by atoms with Gasteiger partial charge in [-0.1, -0.05) is 39.0 Å². The van der Waals surface area contributed by atoms with Crippen LogP contribution in [0.5, 0.6) is 0 Å². The molecule has 1 aliphatic heterocycles. The Morgan fingerprint density at radius 2 is 1.84 bits per heavy atom. The van der Waals surface area contributed by atoms with Crippen molar-refractivity contribution in [1.29, 1.82) is 0 Å². The normalized spacial score (nSPS) is 15.5. The van der Waals surface area contributed by atoms with Crippen LogP contribution in [0.15, 0.2) is 41.3 Å². The summed E-state index contributed by atoms with van der Waals surface area (Å²) in [6.45, 7) is 13.6. The largest absolute Gasteiger partial charge is 0.413 e. The van der Waals surface area contributed by atoms with Gasteiger partial charge in [-0.3, -0.25) is 4.79 Å². The smallest absolute Gasteiger partial charge is 0.293 e. The number of hydrogen-bond acceptors (Lipinski definition) is 5. The van der Waals surface area contributed by atoms with Gasteiger partial charge in [0.1, 0.15) is 5.82 Å². The predicted molar refractivity (Wildman–Crippen MR) is 136 cm³/mol. The Morgan fingerprint density at radius 1 is 1.19 bits per heavy atom. The zero-order valence-corrected chi connectivity index (χ0v) is 21.5. The lowest BCUT2D eigenvalue weighted by Gasteiger charge is -2.35. The molecule has 0 bridgehead atoms. The summed E-state index contributed by atoms with van der Waals surface area (Å²) in [6.07, 6.45) is 5.68. The summed E-state index contributed by atoms with van der Waals surface area (Å²) in [6, 6.07) is 6.26. The highest BCUT2D eigenvalue weighted by atomic mass is 32.2. The van der Waals surface area contributed by atoms with Crippen LogP contribution >= 0.6 is 11.8 Å². The van der Waals surface area contributed by atoms with Crippen LogP contribution < -0.4 is 10.5 Å². The van der Waals surface area contributed by atoms with E-state index in [4.69, 9.17) is 4.43 Å². The molecule has 2 heterocycles. The fourth-order valence-corrected chi connectivity index (χ4v) is 5.00. The molecule has 8 heteroatoms. The Bertz CT molecular complexity index is 994. The molecule has 2 aromatic rings. The molecule has 0 N–H and O–H groups in total. The van der Waals surface area contributed by atoms with Crippen LogP contribution in [-0.4, -0.2) is 49.1 Å². The summed E-state index contributed by atoms with van der Waals surface area (Å²) >= 11 is 1.89. The fourth-order valence-electron chi connectivity index (χ4n) is 3.15. The first-order chi connectivity index (χ1) is 15.1. The molecular weight excluding hydrogens is 441 g/mol. The summed E-state index contributed by atoms with van der Waals surface area (Å²) in [5, 5.41) is 0.154. The lowest BCUT2D eigenvalue weighted by molar-refractivity contribution is 0.328. The molecule has 1 fully saturated rings. The van der Waals surface area contributed by atoms with E-state index in [2.05, 4.69) is 43.7 Å². The summed E-state index contributed by atoms with van der Waals surface area (Å²) in [4.78, 5) is 20.0. The number of thioether (sulfide) groups is 1. The zero-order chi connectivity index (χ0) is 23.4. The van der Waals surface area contributed by atoms with Gasteiger partial charge in [-0.2, -0.15) is 11.8 Å². The molecular formula is C24H34FN3O2SSi. The van der Waals surface area contributed by atoms with E-state index < -0.39 is 8.32 Å². The second kappa shape index (κ2) is 10.4. The van der Waals surface area contributed by atoms with Crippen molar-refractivity contribution < 1.29 is 8.82 Å². The number of benzene rings is 1. The molecule has 0 spiro atoms. The molecule has 174 valence electrons. The van der Waals surface area contributed by atoms with Crippen molar-refractivity contribution in [1.82, 2.24) is 9.55 Å². The highest BCUT2D eigenvalue weighted by molar-refractivity contribution is 7.99. The van der Waals surface area contributed by atoms with Gasteiger partial charge in [-0.05, 0) is 41.9 Å². The van der Waals surface area contributed by atoms with Crippen LogP contribution in [0.1, 0.15) is 32.0 Å². The maximum absolute atomic E-state index is 13.3. The Morgan fingerprint density at radius 3 is 2.47 bits per heavy atom. The lowest BCUT2D eigenvalue weighted by atomic mass is 10.2. The molecule has 1 aromatic heterocycles. The van der Waals surface area contributed by atoms with Gasteiger partial charge in [0.15, 0.2) is 14.1 Å². The van der Waals surface area contributed by atoms with E-state index in [-0.39, 0.29) is 16.4 Å². The van der Waals surface area contributed by atoms with Gasteiger partial charge in [0.05, 0.1) is 18.8 Å². The van der Waals surface area contributed by atoms with Crippen LogP contribution in [0, 0.1) is 5.82 Å². The van der Waals surface area contributed by atoms with E-state index in [0.29, 0.717) is 19.0 Å². The third-order valence-corrected chi connectivity index (χ3v) is 11.6. The van der Waals surface area contributed by atoms with Crippen LogP contribution in [0.2, 0.25) is 18.1 Å². The number of nitrogens with zero attached hydrogens (tertiary/aromatic N) is 3. The monoisotopic (exact) mass is 475 g/mol. The van der Waals surface area contributed by atoms with Gasteiger partial charge in [0.25, 0.3) is 5.56 Å². The highest BCUT2D eigenvalue weighted by Gasteiger charge is 2.36. The van der Waals surface area contributed by atoms with E-state index in [1.807, 2.05) is 23.9 Å². The standard InChI is InChI=1S/C24H34FN3O2SSi/c1-24(2,3)32(4,5)30-14-6-7-21-18-28(17-19-8-10-20(25)11-9-19)23(29)22(26-21)27-12-15-31-16-13-27/h6-11,18H,12-17H2,1-5H3/b7-6+. The van der Waals surface area contributed by atoms with E-state index in [1.165, 1.54) is 12.1 Å². The minimum atomic E-state index is -1.82. The van der Waals surface area contributed by atoms with Crippen LogP contribution in [0.3, 0.4) is 0 Å². The van der Waals surface area contributed by atoms with Crippen molar-refractivity contribution in [2.24, 2.45) is 0 Å². The summed E-state index contributed by atoms with van der Waals surface area (Å²) in [5.74, 6) is 2.17. The van der Waals surface area contributed by atoms with Crippen molar-refractivity contribution in [3.63, 3.8) is 0 Å². The maximum atomic E-state index is 13.3. The molecule has 1 aliphatic rings. The minimum absolute atomic E-state index is 0.115. The van der Waals surface area contributed by atoms with Gasteiger partial charge in [0.2, 0.25) is 0 Å². The summed E-state index contributed by atoms with van der Waals surface area (Å²) < 4.78 is 21.2. The number of aromatic nitrogens is 2. The molecule has 1 aromatic carbocycles. The SMILES string of the molecule is CC(C)(C)[Si](C)(C)OC/C=C/c1cn(Cc2ccc(F)cc2)c(=O)c(N2CCSCC2)n1. The Balaban J connectivity index is 1.85. The fraction of sp³-hybridized carbons (Fsp3) is 0.500. The first kappa shape index (κ1) is 24.7. The van der Waals surface area contributed by atoms with Crippen molar-refractivity contribution >= 4 is 32.0 Å². The predicted octanol–water partition coefficient (Wildman–Crippen LogP) is 5.02. The second-order valence-corrected chi connectivity index (χ2v) is 15.7. The van der Waals surface area contributed by atoms with Gasteiger partial charge >= 0.3 is 0 Å². The van der Waals surface area contributed by atoms with E-state index in [9.17, 15) is 9.18 Å². The molecule has 5 nitrogen and oxygen atoms in total. The Hall–Kier alpha value is -1.90. The van der Waals surface area contributed by atoms with Crippen molar-refractivity contribution in [3.8, 4) is 0 Å². The van der Waals surface area contributed by atoms with Gasteiger partial charge in [-0.15, -0.1) is 0 Å². The van der Waals surface area contributed by atoms with Gasteiger partial charge in [-0.25, -0.2) is 9.37 Å². The summed E-state index contributed by atoms with van der Waals surface area (Å²) in [5.41, 5.74) is 1.48. The van der Waals surface area contributed by atoms with Crippen molar-refractivity contribution in [2.75, 3.05) is 36.1 Å². The van der Waals surface area contributed by atoms with Gasteiger partial charge < -0.3 is 13.9 Å². The molecule has 0 atom stereocenters. The third kappa shape index (κ3) is 6.33. The molecule has 1 saturated heterocycles. The van der Waals surface area contributed by atoms with Crippen LogP contribution in [0.4, 0.5) is 10.2 Å². The highest BCUT2D eigenvalue weighted by Crippen LogP contribution is 2.36. The average Bonchev–Trinajstić information content (AvgIpc) is 2.74. The quantitative estimate of drug-likeness (QED) is 0.526. The molecule has 0 unspecified atom stereocenters. The first-order valence-corrected chi connectivity index (χ1v) is 15.1. The molecule has 0 aliphatic carbocycles. The minimum Gasteiger partial charge on any atom is -0.413 e. The number of hydrogen-bond donors (Lipinski definition) is 0. The molecule has 0 saturated carbocycles. The average molecular weight is 476 g/mol. The van der Waals surface area contributed by atoms with Gasteiger partial charge in [0, 0.05) is 30.8 Å². The van der Waals surface area contributed by atoms with Crippen molar-refractivity contribution in [2.45, 2.75) is 45.4 Å². The Labute approximate surface area is 195 Å². The lowest BCUT2D eigenvalue weighted by Crippen LogP contribution is -2.40. The number of halogens is 1. The molecule has 0 radical (unpaired) electrons. The van der Waals surface area contributed by atoms with Crippen LogP contribution in [0.25, 0.3) is 6.08 Å². The molecule has 3 rings (SSSR count). The molecule has 0 amide bonds. The van der Waals surface area contributed by atoms with E-state index in [1.54, 1.807) is 22.9 Å². The van der Waals surface area contributed by atoms with Crippen molar-refractivity contribution in [3.05, 3.63) is 64.0 Å². The first-order valence-electron chi connectivity index (χ1n) is 11.1. The second-order valence-electron chi connectivity index (χ2n) is 9.62.